The normalized spacial score (nSPS) is 12.0. The molecule has 0 aliphatic carbocycles. The van der Waals surface area contributed by atoms with E-state index in [2.05, 4.69) is 227 Å². The zero-order chi connectivity index (χ0) is 36.3. The van der Waals surface area contributed by atoms with Gasteiger partial charge in [-0.1, -0.05) is 140 Å². The lowest BCUT2D eigenvalue weighted by Gasteiger charge is -2.35. The van der Waals surface area contributed by atoms with Gasteiger partial charge < -0.3 is 14.4 Å². The van der Waals surface area contributed by atoms with Gasteiger partial charge in [-0.25, -0.2) is 0 Å². The Morgan fingerprint density at radius 2 is 0.945 bits per heavy atom. The average Bonchev–Trinajstić information content (AvgIpc) is 3.59. The minimum atomic E-state index is 1.09. The van der Waals surface area contributed by atoms with Crippen LogP contribution in [0.1, 0.15) is 0 Å². The molecule has 9 aromatic carbocycles. The number of benzene rings is 9. The summed E-state index contributed by atoms with van der Waals surface area (Å²) >= 11 is 0. The molecule has 258 valence electrons. The van der Waals surface area contributed by atoms with Gasteiger partial charge in [0.05, 0.1) is 28.1 Å². The predicted molar refractivity (Wildman–Crippen MR) is 232 cm³/mol. The second-order valence-electron chi connectivity index (χ2n) is 14.2. The average molecular weight is 702 g/mol. The maximum Gasteiger partial charge on any atom is 0.0561 e. The summed E-state index contributed by atoms with van der Waals surface area (Å²) in [5.41, 5.74) is 15.2. The second-order valence-corrected chi connectivity index (χ2v) is 14.2. The third kappa shape index (κ3) is 4.98. The van der Waals surface area contributed by atoms with Crippen LogP contribution in [-0.2, 0) is 0 Å². The van der Waals surface area contributed by atoms with Crippen molar-refractivity contribution in [3.05, 3.63) is 212 Å². The molecule has 0 spiro atoms. The SMILES string of the molecule is c1ccc(-c2ccc(N(c3ccc4c5ccccc5n(-c5ccccc5)c4c3)c3ccc4c5c(cccc35)N(c3ccccc3)c3ccccc3-4)cc2)cc1. The number of fused-ring (bicyclic) bond motifs is 5. The number of nitrogens with zero attached hydrogens (tertiary/aromatic N) is 3. The molecule has 0 bridgehead atoms. The molecule has 3 heteroatoms. The van der Waals surface area contributed by atoms with E-state index in [1.807, 2.05) is 0 Å². The van der Waals surface area contributed by atoms with Gasteiger partial charge in [0, 0.05) is 49.9 Å². The molecule has 0 saturated carbocycles. The molecular formula is C52H35N3. The van der Waals surface area contributed by atoms with Crippen LogP contribution < -0.4 is 9.80 Å². The van der Waals surface area contributed by atoms with E-state index in [0.29, 0.717) is 0 Å². The van der Waals surface area contributed by atoms with Crippen molar-refractivity contribution in [2.24, 2.45) is 0 Å². The van der Waals surface area contributed by atoms with Crippen molar-refractivity contribution < 1.29 is 0 Å². The molecule has 55 heavy (non-hydrogen) atoms. The summed E-state index contributed by atoms with van der Waals surface area (Å²) in [6, 6.07) is 77.0. The summed E-state index contributed by atoms with van der Waals surface area (Å²) in [4.78, 5) is 4.86. The van der Waals surface area contributed by atoms with Gasteiger partial charge in [0.15, 0.2) is 0 Å². The summed E-state index contributed by atoms with van der Waals surface area (Å²) in [7, 11) is 0. The van der Waals surface area contributed by atoms with Gasteiger partial charge in [-0.3, -0.25) is 0 Å². The molecule has 0 fully saturated rings. The largest absolute Gasteiger partial charge is 0.310 e. The summed E-state index contributed by atoms with van der Waals surface area (Å²) < 4.78 is 2.40. The molecule has 0 saturated heterocycles. The van der Waals surface area contributed by atoms with E-state index >= 15 is 0 Å². The maximum absolute atomic E-state index is 2.44. The fraction of sp³-hybridized carbons (Fsp3) is 0. The number of aromatic nitrogens is 1. The van der Waals surface area contributed by atoms with E-state index in [9.17, 15) is 0 Å². The Kier molecular flexibility index (Phi) is 7.17. The first kappa shape index (κ1) is 31.2. The number of hydrogen-bond acceptors (Lipinski definition) is 2. The maximum atomic E-state index is 2.44. The van der Waals surface area contributed by atoms with Crippen LogP contribution in [0.15, 0.2) is 212 Å². The fourth-order valence-electron chi connectivity index (χ4n) is 8.67. The minimum absolute atomic E-state index is 1.09. The summed E-state index contributed by atoms with van der Waals surface area (Å²) in [5.74, 6) is 0. The van der Waals surface area contributed by atoms with Gasteiger partial charge in [0.2, 0.25) is 0 Å². The highest BCUT2D eigenvalue weighted by Gasteiger charge is 2.28. The molecule has 0 atom stereocenters. The standard InChI is InChI=1S/C52H35N3/c1-4-15-36(16-5-1)37-27-29-40(30-28-37)53(41-31-32-44-42-21-10-12-24-47(42)55(51(44)35-41)39-19-8-3-9-20-39)49-34-33-45-43-22-11-13-25-48(43)54(38-17-6-2-7-18-38)50-26-14-23-46(49)52(45)50/h1-35H. The first-order valence-electron chi connectivity index (χ1n) is 18.9. The van der Waals surface area contributed by atoms with E-state index in [0.717, 1.165) is 28.4 Å². The highest BCUT2D eigenvalue weighted by molar-refractivity contribution is 6.18. The van der Waals surface area contributed by atoms with Crippen molar-refractivity contribution in [3.63, 3.8) is 0 Å². The molecule has 0 N–H and O–H groups in total. The Morgan fingerprint density at radius 3 is 1.75 bits per heavy atom. The van der Waals surface area contributed by atoms with Gasteiger partial charge in [-0.2, -0.15) is 0 Å². The van der Waals surface area contributed by atoms with Crippen LogP contribution in [0, 0.1) is 0 Å². The highest BCUT2D eigenvalue weighted by Crippen LogP contribution is 2.53. The Hall–Kier alpha value is -7.36. The highest BCUT2D eigenvalue weighted by atomic mass is 15.2. The Labute approximate surface area is 320 Å². The van der Waals surface area contributed by atoms with Crippen molar-refractivity contribution in [3.8, 4) is 27.9 Å². The fourth-order valence-corrected chi connectivity index (χ4v) is 8.67. The van der Waals surface area contributed by atoms with Crippen LogP contribution in [0.3, 0.4) is 0 Å². The second kappa shape index (κ2) is 12.6. The Morgan fingerprint density at radius 1 is 0.345 bits per heavy atom. The van der Waals surface area contributed by atoms with Crippen molar-refractivity contribution >= 4 is 66.7 Å². The Balaban J connectivity index is 1.18. The van der Waals surface area contributed by atoms with Crippen LogP contribution in [0.5, 0.6) is 0 Å². The third-order valence-electron chi connectivity index (χ3n) is 11.1. The lowest BCUT2D eigenvalue weighted by molar-refractivity contribution is 1.18. The predicted octanol–water partition coefficient (Wildman–Crippen LogP) is 14.5. The van der Waals surface area contributed by atoms with Crippen LogP contribution in [0.2, 0.25) is 0 Å². The number of rotatable bonds is 6. The van der Waals surface area contributed by atoms with Crippen molar-refractivity contribution in [2.45, 2.75) is 0 Å². The molecule has 1 aliphatic heterocycles. The topological polar surface area (TPSA) is 11.4 Å². The van der Waals surface area contributed by atoms with E-state index in [4.69, 9.17) is 0 Å². The molecule has 1 aromatic heterocycles. The number of hydrogen-bond donors (Lipinski definition) is 0. The molecule has 11 rings (SSSR count). The van der Waals surface area contributed by atoms with E-state index < -0.39 is 0 Å². The van der Waals surface area contributed by atoms with Gasteiger partial charge in [-0.05, 0) is 89.5 Å². The molecule has 1 aliphatic rings. The smallest absolute Gasteiger partial charge is 0.0561 e. The zero-order valence-corrected chi connectivity index (χ0v) is 30.0. The Bertz CT molecular complexity index is 3020. The molecule has 0 radical (unpaired) electrons. The number of para-hydroxylation sites is 4. The first-order valence-corrected chi connectivity index (χ1v) is 18.9. The van der Waals surface area contributed by atoms with Crippen LogP contribution in [0.25, 0.3) is 60.5 Å². The van der Waals surface area contributed by atoms with Crippen molar-refractivity contribution in [2.75, 3.05) is 9.80 Å². The summed E-state index contributed by atoms with van der Waals surface area (Å²) in [5, 5.41) is 4.91. The lowest BCUT2D eigenvalue weighted by Crippen LogP contribution is -2.16. The van der Waals surface area contributed by atoms with Crippen LogP contribution in [0.4, 0.5) is 34.1 Å². The monoisotopic (exact) mass is 701 g/mol. The first-order chi connectivity index (χ1) is 27.3. The molecule has 0 unspecified atom stereocenters. The third-order valence-corrected chi connectivity index (χ3v) is 11.1. The quantitative estimate of drug-likeness (QED) is 0.171. The molecule has 2 heterocycles. The molecule has 0 amide bonds. The summed E-state index contributed by atoms with van der Waals surface area (Å²) in [6.07, 6.45) is 0. The van der Waals surface area contributed by atoms with Gasteiger partial charge in [0.25, 0.3) is 0 Å². The van der Waals surface area contributed by atoms with E-state index in [-0.39, 0.29) is 0 Å². The summed E-state index contributed by atoms with van der Waals surface area (Å²) in [6.45, 7) is 0. The molecule has 10 aromatic rings. The number of anilines is 6. The molecular weight excluding hydrogens is 667 g/mol. The van der Waals surface area contributed by atoms with E-state index in [1.165, 1.54) is 66.2 Å². The lowest BCUT2D eigenvalue weighted by atomic mass is 9.89. The minimum Gasteiger partial charge on any atom is -0.310 e. The zero-order valence-electron chi connectivity index (χ0n) is 30.0. The van der Waals surface area contributed by atoms with E-state index in [1.54, 1.807) is 0 Å². The van der Waals surface area contributed by atoms with Gasteiger partial charge in [0.1, 0.15) is 0 Å². The van der Waals surface area contributed by atoms with Gasteiger partial charge >= 0.3 is 0 Å². The van der Waals surface area contributed by atoms with Crippen LogP contribution >= 0.6 is 0 Å². The van der Waals surface area contributed by atoms with Gasteiger partial charge in [-0.15, -0.1) is 0 Å². The van der Waals surface area contributed by atoms with Crippen LogP contribution in [-0.4, -0.2) is 4.57 Å². The van der Waals surface area contributed by atoms with Crippen molar-refractivity contribution in [1.82, 2.24) is 4.57 Å². The van der Waals surface area contributed by atoms with Crippen molar-refractivity contribution in [1.29, 1.82) is 0 Å². The molecule has 3 nitrogen and oxygen atoms in total.